The maximum atomic E-state index is 2.42. The molecule has 0 spiro atoms. The van der Waals surface area contributed by atoms with E-state index in [0.717, 1.165) is 34.1 Å². The summed E-state index contributed by atoms with van der Waals surface area (Å²) in [7, 11) is 0. The third-order valence-corrected chi connectivity index (χ3v) is 12.4. The van der Waals surface area contributed by atoms with Crippen molar-refractivity contribution in [1.29, 1.82) is 0 Å². The molecule has 0 aliphatic carbocycles. The number of nitrogens with zero attached hydrogens (tertiary/aromatic N) is 2. The van der Waals surface area contributed by atoms with Crippen LogP contribution in [0.3, 0.4) is 0 Å². The average molecular weight is 715 g/mol. The fraction of sp³-hybridized carbons (Fsp3) is 0.0204. The fourth-order valence-electron chi connectivity index (χ4n) is 7.64. The van der Waals surface area contributed by atoms with Gasteiger partial charge in [-0.05, 0) is 115 Å². The smallest absolute Gasteiger partial charge is 0.0492 e. The maximum Gasteiger partial charge on any atom is 0.0492 e. The Morgan fingerprint density at radius 3 is 1.43 bits per heavy atom. The molecule has 252 valence electrons. The highest BCUT2D eigenvalue weighted by atomic mass is 32.1. The first kappa shape index (κ1) is 31.5. The molecule has 4 heteroatoms. The largest absolute Gasteiger partial charge is 0.310 e. The van der Waals surface area contributed by atoms with E-state index in [0.29, 0.717) is 0 Å². The summed E-state index contributed by atoms with van der Waals surface area (Å²) in [6, 6.07) is 68.5. The molecule has 0 aliphatic heterocycles. The van der Waals surface area contributed by atoms with Crippen molar-refractivity contribution in [1.82, 2.24) is 0 Å². The van der Waals surface area contributed by atoms with E-state index in [1.165, 1.54) is 57.0 Å². The Hall–Kier alpha value is -6.20. The lowest BCUT2D eigenvalue weighted by molar-refractivity contribution is 1.23. The SMILES string of the molecule is Cc1cc(N(c2ccccc2)c2ccc3sc4ccccc4c3c2)ccc1N(c1cccc(-c2ccccc2)c1)c1ccc2sc3ccccc3c2c1. The number of rotatable bonds is 7. The Balaban J connectivity index is 1.14. The molecule has 0 saturated heterocycles. The quantitative estimate of drug-likeness (QED) is 0.162. The van der Waals surface area contributed by atoms with Crippen molar-refractivity contribution < 1.29 is 0 Å². The topological polar surface area (TPSA) is 6.48 Å². The van der Waals surface area contributed by atoms with Gasteiger partial charge in [-0.25, -0.2) is 0 Å². The predicted molar refractivity (Wildman–Crippen MR) is 232 cm³/mol. The Bertz CT molecular complexity index is 2920. The third kappa shape index (κ3) is 5.64. The second-order valence-electron chi connectivity index (χ2n) is 13.5. The highest BCUT2D eigenvalue weighted by Crippen LogP contribution is 2.45. The number of thiophene rings is 2. The zero-order valence-electron chi connectivity index (χ0n) is 29.1. The molecular weight excluding hydrogens is 681 g/mol. The summed E-state index contributed by atoms with van der Waals surface area (Å²) in [5.41, 5.74) is 10.4. The van der Waals surface area contributed by atoms with Gasteiger partial charge in [0.2, 0.25) is 0 Å². The minimum atomic E-state index is 1.12. The summed E-state index contributed by atoms with van der Waals surface area (Å²) in [6.07, 6.45) is 0. The lowest BCUT2D eigenvalue weighted by Gasteiger charge is -2.30. The monoisotopic (exact) mass is 714 g/mol. The van der Waals surface area contributed by atoms with Gasteiger partial charge in [-0.2, -0.15) is 0 Å². The molecule has 8 aromatic carbocycles. The summed E-state index contributed by atoms with van der Waals surface area (Å²) in [5.74, 6) is 0. The minimum absolute atomic E-state index is 1.12. The van der Waals surface area contributed by atoms with E-state index in [4.69, 9.17) is 0 Å². The Labute approximate surface area is 317 Å². The van der Waals surface area contributed by atoms with Gasteiger partial charge in [0.25, 0.3) is 0 Å². The highest BCUT2D eigenvalue weighted by Gasteiger charge is 2.20. The maximum absolute atomic E-state index is 2.42. The molecule has 2 aromatic heterocycles. The molecule has 10 rings (SSSR count). The number of benzene rings is 8. The van der Waals surface area contributed by atoms with E-state index in [2.05, 4.69) is 205 Å². The highest BCUT2D eigenvalue weighted by molar-refractivity contribution is 7.26. The summed E-state index contributed by atoms with van der Waals surface area (Å²) in [5, 5.41) is 5.18. The van der Waals surface area contributed by atoms with Crippen molar-refractivity contribution >= 4 is 97.1 Å². The van der Waals surface area contributed by atoms with E-state index in [1.807, 2.05) is 22.7 Å². The van der Waals surface area contributed by atoms with E-state index in [1.54, 1.807) is 0 Å². The van der Waals surface area contributed by atoms with Crippen LogP contribution in [0, 0.1) is 6.92 Å². The van der Waals surface area contributed by atoms with Gasteiger partial charge in [-0.1, -0.05) is 97.1 Å². The van der Waals surface area contributed by atoms with Gasteiger partial charge >= 0.3 is 0 Å². The average Bonchev–Trinajstić information content (AvgIpc) is 3.78. The molecule has 0 aliphatic rings. The van der Waals surface area contributed by atoms with Crippen molar-refractivity contribution in [3.63, 3.8) is 0 Å². The normalized spacial score (nSPS) is 11.5. The molecule has 0 atom stereocenters. The molecule has 0 fully saturated rings. The molecule has 2 nitrogen and oxygen atoms in total. The van der Waals surface area contributed by atoms with Crippen LogP contribution in [0.4, 0.5) is 34.1 Å². The number of aryl methyl sites for hydroxylation is 1. The van der Waals surface area contributed by atoms with Crippen LogP contribution in [0.2, 0.25) is 0 Å². The van der Waals surface area contributed by atoms with Crippen LogP contribution < -0.4 is 9.80 Å². The molecule has 0 radical (unpaired) electrons. The predicted octanol–water partition coefficient (Wildman–Crippen LogP) is 15.3. The Morgan fingerprint density at radius 1 is 0.321 bits per heavy atom. The molecule has 2 heterocycles. The summed E-state index contributed by atoms with van der Waals surface area (Å²) in [6.45, 7) is 2.24. The van der Waals surface area contributed by atoms with Gasteiger partial charge in [-0.15, -0.1) is 22.7 Å². The molecule has 0 unspecified atom stereocenters. The molecule has 10 aromatic rings. The van der Waals surface area contributed by atoms with Gasteiger partial charge in [0.05, 0.1) is 0 Å². The molecule has 0 bridgehead atoms. The molecule has 0 amide bonds. The van der Waals surface area contributed by atoms with E-state index < -0.39 is 0 Å². The lowest BCUT2D eigenvalue weighted by atomic mass is 10.0. The molecule has 53 heavy (non-hydrogen) atoms. The van der Waals surface area contributed by atoms with Crippen LogP contribution in [0.5, 0.6) is 0 Å². The van der Waals surface area contributed by atoms with Crippen LogP contribution in [0.1, 0.15) is 5.56 Å². The number of para-hydroxylation sites is 1. The van der Waals surface area contributed by atoms with Crippen LogP contribution in [-0.2, 0) is 0 Å². The number of hydrogen-bond acceptors (Lipinski definition) is 4. The fourth-order valence-corrected chi connectivity index (χ4v) is 9.82. The second-order valence-corrected chi connectivity index (χ2v) is 15.6. The van der Waals surface area contributed by atoms with E-state index in [-0.39, 0.29) is 0 Å². The summed E-state index contributed by atoms with van der Waals surface area (Å²) < 4.78 is 5.23. The summed E-state index contributed by atoms with van der Waals surface area (Å²) >= 11 is 3.71. The number of hydrogen-bond donors (Lipinski definition) is 0. The van der Waals surface area contributed by atoms with Crippen molar-refractivity contribution in [2.45, 2.75) is 6.92 Å². The first-order chi connectivity index (χ1) is 26.2. The van der Waals surface area contributed by atoms with Gasteiger partial charge < -0.3 is 9.80 Å². The second kappa shape index (κ2) is 13.1. The van der Waals surface area contributed by atoms with Crippen molar-refractivity contribution in [2.24, 2.45) is 0 Å². The van der Waals surface area contributed by atoms with Gasteiger partial charge in [-0.3, -0.25) is 0 Å². The van der Waals surface area contributed by atoms with Gasteiger partial charge in [0.1, 0.15) is 0 Å². The van der Waals surface area contributed by atoms with Crippen molar-refractivity contribution in [2.75, 3.05) is 9.80 Å². The zero-order chi connectivity index (χ0) is 35.3. The van der Waals surface area contributed by atoms with Gasteiger partial charge in [0.15, 0.2) is 0 Å². The molecule has 0 N–H and O–H groups in total. The van der Waals surface area contributed by atoms with Crippen LogP contribution >= 0.6 is 22.7 Å². The van der Waals surface area contributed by atoms with E-state index >= 15 is 0 Å². The van der Waals surface area contributed by atoms with Crippen LogP contribution in [-0.4, -0.2) is 0 Å². The van der Waals surface area contributed by atoms with Crippen molar-refractivity contribution in [3.05, 3.63) is 194 Å². The number of anilines is 6. The standard InChI is InChI=1S/C49H34N2S2/c1-33-29-38(50(36-16-6-3-7-17-36)39-24-27-48-43(31-39)41-19-8-10-21-46(41)52-48)23-26-45(33)51(37-18-12-15-35(30-37)34-13-4-2-5-14-34)40-25-28-49-44(32-40)42-20-9-11-22-47(42)53-49/h2-32H,1H3. The zero-order valence-corrected chi connectivity index (χ0v) is 30.7. The summed E-state index contributed by atoms with van der Waals surface area (Å²) in [4.78, 5) is 4.81. The molecule has 0 saturated carbocycles. The third-order valence-electron chi connectivity index (χ3n) is 10.1. The molecular formula is C49H34N2S2. The Morgan fingerprint density at radius 2 is 0.792 bits per heavy atom. The first-order valence-corrected chi connectivity index (χ1v) is 19.6. The first-order valence-electron chi connectivity index (χ1n) is 17.9. The number of fused-ring (bicyclic) bond motifs is 6. The van der Waals surface area contributed by atoms with Crippen LogP contribution in [0.15, 0.2) is 188 Å². The van der Waals surface area contributed by atoms with E-state index in [9.17, 15) is 0 Å². The minimum Gasteiger partial charge on any atom is -0.310 e. The van der Waals surface area contributed by atoms with Gasteiger partial charge in [0, 0.05) is 74.5 Å². The van der Waals surface area contributed by atoms with Crippen LogP contribution in [0.25, 0.3) is 51.5 Å². The van der Waals surface area contributed by atoms with Crippen molar-refractivity contribution in [3.8, 4) is 11.1 Å². The Kier molecular flexibility index (Phi) is 7.79. The lowest BCUT2D eigenvalue weighted by Crippen LogP contribution is -2.13.